The summed E-state index contributed by atoms with van der Waals surface area (Å²) >= 11 is 0. The molecule has 0 aliphatic carbocycles. The lowest BCUT2D eigenvalue weighted by Gasteiger charge is -2.02. The molecule has 0 spiro atoms. The van der Waals surface area contributed by atoms with Gasteiger partial charge in [-0.1, -0.05) is 12.1 Å². The standard InChI is InChI=1S/C11H12O3/c1-7-4-9-5-8(6-11(12)13)2-3-10(9)14-7/h2-3,5,7H,4,6H2,1H3,(H,12,13)/t7-/m1/s1. The maximum atomic E-state index is 10.5. The van der Waals surface area contributed by atoms with Crippen LogP contribution in [0.4, 0.5) is 0 Å². The maximum Gasteiger partial charge on any atom is 0.307 e. The summed E-state index contributed by atoms with van der Waals surface area (Å²) in [5.41, 5.74) is 1.96. The molecule has 1 heterocycles. The van der Waals surface area contributed by atoms with Crippen LogP contribution in [0.1, 0.15) is 18.1 Å². The van der Waals surface area contributed by atoms with E-state index in [2.05, 4.69) is 0 Å². The first-order chi connectivity index (χ1) is 6.65. The highest BCUT2D eigenvalue weighted by Crippen LogP contribution is 2.29. The van der Waals surface area contributed by atoms with Gasteiger partial charge in [0.1, 0.15) is 11.9 Å². The molecule has 0 saturated carbocycles. The van der Waals surface area contributed by atoms with Gasteiger partial charge in [-0.2, -0.15) is 0 Å². The highest BCUT2D eigenvalue weighted by atomic mass is 16.5. The molecule has 1 aromatic rings. The maximum absolute atomic E-state index is 10.5. The van der Waals surface area contributed by atoms with Crippen LogP contribution in [-0.2, 0) is 17.6 Å². The fourth-order valence-corrected chi connectivity index (χ4v) is 1.76. The lowest BCUT2D eigenvalue weighted by molar-refractivity contribution is -0.136. The Morgan fingerprint density at radius 3 is 3.14 bits per heavy atom. The zero-order valence-corrected chi connectivity index (χ0v) is 7.99. The lowest BCUT2D eigenvalue weighted by Crippen LogP contribution is -2.05. The van der Waals surface area contributed by atoms with Crippen molar-refractivity contribution in [2.24, 2.45) is 0 Å². The van der Waals surface area contributed by atoms with Crippen LogP contribution in [0.5, 0.6) is 5.75 Å². The van der Waals surface area contributed by atoms with Gasteiger partial charge in [0.15, 0.2) is 0 Å². The summed E-state index contributed by atoms with van der Waals surface area (Å²) in [5, 5.41) is 8.64. The third-order valence-corrected chi connectivity index (χ3v) is 2.32. The van der Waals surface area contributed by atoms with Crippen molar-refractivity contribution in [3.05, 3.63) is 29.3 Å². The van der Waals surface area contributed by atoms with Crippen molar-refractivity contribution in [3.63, 3.8) is 0 Å². The highest BCUT2D eigenvalue weighted by molar-refractivity contribution is 5.70. The van der Waals surface area contributed by atoms with Gasteiger partial charge in [-0.05, 0) is 24.1 Å². The summed E-state index contributed by atoms with van der Waals surface area (Å²) in [6.45, 7) is 2.01. The summed E-state index contributed by atoms with van der Waals surface area (Å²) in [7, 11) is 0. The molecule has 0 radical (unpaired) electrons. The molecule has 1 N–H and O–H groups in total. The summed E-state index contributed by atoms with van der Waals surface area (Å²) in [6.07, 6.45) is 1.18. The zero-order valence-electron chi connectivity index (χ0n) is 7.99. The third-order valence-electron chi connectivity index (χ3n) is 2.32. The van der Waals surface area contributed by atoms with Crippen LogP contribution < -0.4 is 4.74 Å². The molecule has 74 valence electrons. The van der Waals surface area contributed by atoms with Crippen molar-refractivity contribution in [1.29, 1.82) is 0 Å². The van der Waals surface area contributed by atoms with Gasteiger partial charge < -0.3 is 9.84 Å². The molecule has 1 aliphatic heterocycles. The molecule has 3 heteroatoms. The average Bonchev–Trinajstić information content (AvgIpc) is 2.42. The van der Waals surface area contributed by atoms with Crippen molar-refractivity contribution in [2.45, 2.75) is 25.9 Å². The van der Waals surface area contributed by atoms with E-state index in [1.165, 1.54) is 0 Å². The molecular weight excluding hydrogens is 180 g/mol. The largest absolute Gasteiger partial charge is 0.490 e. The summed E-state index contributed by atoms with van der Waals surface area (Å²) < 4.78 is 5.52. The van der Waals surface area contributed by atoms with Gasteiger partial charge in [0.2, 0.25) is 0 Å². The van der Waals surface area contributed by atoms with Crippen LogP contribution in [-0.4, -0.2) is 17.2 Å². The van der Waals surface area contributed by atoms with Crippen LogP contribution >= 0.6 is 0 Å². The molecule has 1 atom stereocenters. The number of carboxylic acid groups (broad SMARTS) is 1. The fourth-order valence-electron chi connectivity index (χ4n) is 1.76. The molecular formula is C11H12O3. The van der Waals surface area contributed by atoms with E-state index in [4.69, 9.17) is 9.84 Å². The number of aliphatic carboxylic acids is 1. The molecule has 0 bridgehead atoms. The number of rotatable bonds is 2. The minimum atomic E-state index is -0.795. The fraction of sp³-hybridized carbons (Fsp3) is 0.364. The van der Waals surface area contributed by atoms with E-state index in [1.54, 1.807) is 0 Å². The second kappa shape index (κ2) is 3.33. The summed E-state index contributed by atoms with van der Waals surface area (Å²) in [4.78, 5) is 10.5. The number of carboxylic acids is 1. The van der Waals surface area contributed by atoms with E-state index in [1.807, 2.05) is 25.1 Å². The lowest BCUT2D eigenvalue weighted by atomic mass is 10.1. The van der Waals surface area contributed by atoms with Crippen molar-refractivity contribution < 1.29 is 14.6 Å². The first-order valence-electron chi connectivity index (χ1n) is 4.65. The van der Waals surface area contributed by atoms with Crippen LogP contribution in [0.2, 0.25) is 0 Å². The van der Waals surface area contributed by atoms with Crippen molar-refractivity contribution in [1.82, 2.24) is 0 Å². The van der Waals surface area contributed by atoms with Gasteiger partial charge in [-0.15, -0.1) is 0 Å². The normalized spacial score (nSPS) is 18.8. The Labute approximate surface area is 82.3 Å². The number of hydrogen-bond acceptors (Lipinski definition) is 2. The van der Waals surface area contributed by atoms with Gasteiger partial charge in [0.25, 0.3) is 0 Å². The number of benzene rings is 1. The topological polar surface area (TPSA) is 46.5 Å². The van der Waals surface area contributed by atoms with E-state index in [-0.39, 0.29) is 12.5 Å². The number of carbonyl (C=O) groups is 1. The van der Waals surface area contributed by atoms with Crippen molar-refractivity contribution in [2.75, 3.05) is 0 Å². The van der Waals surface area contributed by atoms with Crippen LogP contribution in [0.25, 0.3) is 0 Å². The number of fused-ring (bicyclic) bond motifs is 1. The number of ether oxygens (including phenoxy) is 1. The summed E-state index contributed by atoms with van der Waals surface area (Å²) in [6, 6.07) is 5.59. The molecule has 2 rings (SSSR count). The van der Waals surface area contributed by atoms with E-state index in [0.29, 0.717) is 0 Å². The Morgan fingerprint density at radius 1 is 1.64 bits per heavy atom. The number of hydrogen-bond donors (Lipinski definition) is 1. The van der Waals surface area contributed by atoms with Crippen LogP contribution in [0, 0.1) is 0 Å². The highest BCUT2D eigenvalue weighted by Gasteiger charge is 2.19. The average molecular weight is 192 g/mol. The Hall–Kier alpha value is -1.51. The van der Waals surface area contributed by atoms with E-state index >= 15 is 0 Å². The van der Waals surface area contributed by atoms with E-state index in [9.17, 15) is 4.79 Å². The Balaban J connectivity index is 2.24. The van der Waals surface area contributed by atoms with Crippen LogP contribution in [0.15, 0.2) is 18.2 Å². The van der Waals surface area contributed by atoms with Gasteiger partial charge in [0, 0.05) is 6.42 Å². The molecule has 0 unspecified atom stereocenters. The van der Waals surface area contributed by atoms with Gasteiger partial charge in [0.05, 0.1) is 6.42 Å². The Morgan fingerprint density at radius 2 is 2.43 bits per heavy atom. The predicted molar refractivity (Wildman–Crippen MR) is 51.6 cm³/mol. The predicted octanol–water partition coefficient (Wildman–Crippen LogP) is 1.64. The van der Waals surface area contributed by atoms with Crippen molar-refractivity contribution >= 4 is 5.97 Å². The SMILES string of the molecule is C[C@@H]1Cc2cc(CC(=O)O)ccc2O1. The molecule has 1 aromatic carbocycles. The Bertz CT molecular complexity index is 371. The molecule has 0 amide bonds. The second-order valence-corrected chi connectivity index (χ2v) is 3.65. The molecule has 0 saturated heterocycles. The molecule has 0 fully saturated rings. The molecule has 3 nitrogen and oxygen atoms in total. The van der Waals surface area contributed by atoms with Gasteiger partial charge >= 0.3 is 5.97 Å². The second-order valence-electron chi connectivity index (χ2n) is 3.65. The first-order valence-corrected chi connectivity index (χ1v) is 4.65. The monoisotopic (exact) mass is 192 g/mol. The van der Waals surface area contributed by atoms with Crippen molar-refractivity contribution in [3.8, 4) is 5.75 Å². The summed E-state index contributed by atoms with van der Waals surface area (Å²) in [5.74, 6) is 0.101. The smallest absolute Gasteiger partial charge is 0.307 e. The van der Waals surface area contributed by atoms with Gasteiger partial charge in [-0.25, -0.2) is 0 Å². The minimum absolute atomic E-state index is 0.0850. The van der Waals surface area contributed by atoms with E-state index < -0.39 is 5.97 Å². The van der Waals surface area contributed by atoms with E-state index in [0.717, 1.165) is 23.3 Å². The molecule has 14 heavy (non-hydrogen) atoms. The molecule has 0 aromatic heterocycles. The first kappa shape index (κ1) is 9.06. The third kappa shape index (κ3) is 1.71. The van der Waals surface area contributed by atoms with Crippen LogP contribution in [0.3, 0.4) is 0 Å². The van der Waals surface area contributed by atoms with Gasteiger partial charge in [-0.3, -0.25) is 4.79 Å². The quantitative estimate of drug-likeness (QED) is 0.774. The Kier molecular flexibility index (Phi) is 2.15. The zero-order chi connectivity index (χ0) is 10.1. The minimum Gasteiger partial charge on any atom is -0.490 e. The molecule has 1 aliphatic rings.